The number of anilines is 1. The summed E-state index contributed by atoms with van der Waals surface area (Å²) in [6.07, 6.45) is 1.95. The molecule has 0 aliphatic carbocycles. The summed E-state index contributed by atoms with van der Waals surface area (Å²) in [6.45, 7) is 2.29. The molecule has 0 radical (unpaired) electrons. The molecule has 0 bridgehead atoms. The number of carbonyl (C=O) groups excluding carboxylic acids is 1. The molecule has 0 unspecified atom stereocenters. The molecule has 0 aliphatic rings. The maximum absolute atomic E-state index is 12.6. The SMILES string of the molecule is Cc1nc2c(N)ncc(Cl)n2c1C#CCCN(C)C(=O)c1nc2ccccc2[nH]1. The van der Waals surface area contributed by atoms with Gasteiger partial charge in [-0.2, -0.15) is 0 Å². The normalized spacial score (nSPS) is 10.9. The van der Waals surface area contributed by atoms with E-state index in [1.807, 2.05) is 31.2 Å². The van der Waals surface area contributed by atoms with Gasteiger partial charge in [-0.25, -0.2) is 15.0 Å². The molecule has 3 heterocycles. The Morgan fingerprint density at radius 3 is 2.93 bits per heavy atom. The summed E-state index contributed by atoms with van der Waals surface area (Å²) in [4.78, 5) is 29.9. The zero-order valence-corrected chi connectivity index (χ0v) is 16.7. The zero-order valence-electron chi connectivity index (χ0n) is 15.9. The Kier molecular flexibility index (Phi) is 4.82. The van der Waals surface area contributed by atoms with E-state index >= 15 is 0 Å². The second-order valence-electron chi connectivity index (χ2n) is 6.55. The molecule has 0 aliphatic heterocycles. The molecule has 0 saturated carbocycles. The average Bonchev–Trinajstić information content (AvgIpc) is 3.29. The van der Waals surface area contributed by atoms with Crippen LogP contribution in [0.3, 0.4) is 0 Å². The van der Waals surface area contributed by atoms with Crippen molar-refractivity contribution >= 4 is 40.0 Å². The Labute approximate surface area is 171 Å². The summed E-state index contributed by atoms with van der Waals surface area (Å²) < 4.78 is 1.68. The van der Waals surface area contributed by atoms with Gasteiger partial charge in [-0.15, -0.1) is 0 Å². The number of imidazole rings is 2. The molecule has 4 aromatic rings. The molecule has 9 heteroatoms. The van der Waals surface area contributed by atoms with Crippen LogP contribution in [0.1, 0.15) is 28.4 Å². The third-order valence-electron chi connectivity index (χ3n) is 4.52. The lowest BCUT2D eigenvalue weighted by molar-refractivity contribution is 0.0787. The highest BCUT2D eigenvalue weighted by Gasteiger charge is 2.16. The van der Waals surface area contributed by atoms with Crippen LogP contribution in [0.5, 0.6) is 0 Å². The van der Waals surface area contributed by atoms with Crippen molar-refractivity contribution in [2.45, 2.75) is 13.3 Å². The zero-order chi connectivity index (χ0) is 20.5. The van der Waals surface area contributed by atoms with Gasteiger partial charge in [0.15, 0.2) is 17.3 Å². The van der Waals surface area contributed by atoms with Gasteiger partial charge in [-0.05, 0) is 25.0 Å². The maximum Gasteiger partial charge on any atom is 0.289 e. The molecule has 29 heavy (non-hydrogen) atoms. The Hall–Kier alpha value is -3.57. The fourth-order valence-corrected chi connectivity index (χ4v) is 3.21. The maximum atomic E-state index is 12.6. The van der Waals surface area contributed by atoms with E-state index in [2.05, 4.69) is 31.8 Å². The number of aromatic amines is 1. The minimum Gasteiger partial charge on any atom is -0.381 e. The third-order valence-corrected chi connectivity index (χ3v) is 4.79. The Morgan fingerprint density at radius 2 is 2.14 bits per heavy atom. The number of aryl methyl sites for hydroxylation is 1. The molecule has 8 nitrogen and oxygen atoms in total. The summed E-state index contributed by atoms with van der Waals surface area (Å²) in [7, 11) is 1.72. The van der Waals surface area contributed by atoms with Crippen molar-refractivity contribution in [1.29, 1.82) is 0 Å². The van der Waals surface area contributed by atoms with E-state index in [1.54, 1.807) is 16.3 Å². The number of rotatable bonds is 3. The highest BCUT2D eigenvalue weighted by Crippen LogP contribution is 2.20. The van der Waals surface area contributed by atoms with Crippen molar-refractivity contribution in [2.75, 3.05) is 19.3 Å². The van der Waals surface area contributed by atoms with E-state index in [-0.39, 0.29) is 5.91 Å². The number of nitrogens with one attached hydrogen (secondary N) is 1. The number of hydrogen-bond donors (Lipinski definition) is 2. The first-order valence-electron chi connectivity index (χ1n) is 8.94. The molecular formula is C20H18ClN7O. The van der Waals surface area contributed by atoms with Gasteiger partial charge in [-0.1, -0.05) is 29.7 Å². The first-order chi connectivity index (χ1) is 14.0. The van der Waals surface area contributed by atoms with Crippen LogP contribution in [0.15, 0.2) is 30.5 Å². The van der Waals surface area contributed by atoms with E-state index in [0.29, 0.717) is 46.8 Å². The average molecular weight is 408 g/mol. The van der Waals surface area contributed by atoms with Crippen LogP contribution in [-0.4, -0.2) is 48.7 Å². The van der Waals surface area contributed by atoms with Gasteiger partial charge < -0.3 is 15.6 Å². The van der Waals surface area contributed by atoms with Crippen molar-refractivity contribution in [2.24, 2.45) is 0 Å². The third kappa shape index (κ3) is 3.48. The number of fused-ring (bicyclic) bond motifs is 2. The van der Waals surface area contributed by atoms with E-state index in [1.165, 1.54) is 6.20 Å². The lowest BCUT2D eigenvalue weighted by Crippen LogP contribution is -2.28. The van der Waals surface area contributed by atoms with E-state index < -0.39 is 0 Å². The largest absolute Gasteiger partial charge is 0.381 e. The Balaban J connectivity index is 1.48. The first kappa shape index (κ1) is 18.8. The van der Waals surface area contributed by atoms with Crippen molar-refractivity contribution in [3.8, 4) is 11.8 Å². The number of halogens is 1. The van der Waals surface area contributed by atoms with Crippen LogP contribution in [0.25, 0.3) is 16.7 Å². The molecule has 0 atom stereocenters. The number of para-hydroxylation sites is 2. The smallest absolute Gasteiger partial charge is 0.289 e. The van der Waals surface area contributed by atoms with Gasteiger partial charge in [0.05, 0.1) is 22.9 Å². The quantitative estimate of drug-likeness (QED) is 0.508. The monoisotopic (exact) mass is 407 g/mol. The van der Waals surface area contributed by atoms with Crippen LogP contribution in [0.2, 0.25) is 5.15 Å². The van der Waals surface area contributed by atoms with E-state index in [9.17, 15) is 4.79 Å². The summed E-state index contributed by atoms with van der Waals surface area (Å²) in [6, 6.07) is 7.52. The summed E-state index contributed by atoms with van der Waals surface area (Å²) in [5.41, 5.74) is 9.31. The lowest BCUT2D eigenvalue weighted by atomic mass is 10.3. The van der Waals surface area contributed by atoms with Gasteiger partial charge in [0.25, 0.3) is 5.91 Å². The fourth-order valence-electron chi connectivity index (χ4n) is 3.00. The van der Waals surface area contributed by atoms with Gasteiger partial charge in [-0.3, -0.25) is 9.20 Å². The van der Waals surface area contributed by atoms with Crippen LogP contribution in [-0.2, 0) is 0 Å². The van der Waals surface area contributed by atoms with Crippen LogP contribution >= 0.6 is 11.6 Å². The Bertz CT molecular complexity index is 1260. The topological polar surface area (TPSA) is 105 Å². The summed E-state index contributed by atoms with van der Waals surface area (Å²) >= 11 is 6.23. The standard InChI is InChI=1S/C20H18ClN7O/c1-12-15(28-16(21)11-23-17(22)19(28)24-12)9-5-6-10-27(2)20(29)18-25-13-7-3-4-8-14(13)26-18/h3-4,7-8,11H,6,10H2,1-2H3,(H2,22,23)(H,25,26). The van der Waals surface area contributed by atoms with Crippen molar-refractivity contribution < 1.29 is 4.79 Å². The number of aromatic nitrogens is 5. The fraction of sp³-hybridized carbons (Fsp3) is 0.200. The predicted molar refractivity (Wildman–Crippen MR) is 112 cm³/mol. The number of amides is 1. The minimum absolute atomic E-state index is 0.184. The second-order valence-corrected chi connectivity index (χ2v) is 6.94. The molecule has 1 aromatic carbocycles. The molecule has 4 rings (SSSR count). The number of carbonyl (C=O) groups is 1. The molecule has 3 N–H and O–H groups in total. The highest BCUT2D eigenvalue weighted by atomic mass is 35.5. The van der Waals surface area contributed by atoms with Crippen LogP contribution in [0, 0.1) is 18.8 Å². The van der Waals surface area contributed by atoms with E-state index in [0.717, 1.165) is 11.0 Å². The number of H-pyrrole nitrogens is 1. The summed E-state index contributed by atoms with van der Waals surface area (Å²) in [5, 5.41) is 0.385. The van der Waals surface area contributed by atoms with Gasteiger partial charge >= 0.3 is 0 Å². The number of nitrogens with two attached hydrogens (primary N) is 1. The van der Waals surface area contributed by atoms with Gasteiger partial charge in [0.2, 0.25) is 0 Å². The molecular weight excluding hydrogens is 390 g/mol. The van der Waals surface area contributed by atoms with Gasteiger partial charge in [0, 0.05) is 20.0 Å². The first-order valence-corrected chi connectivity index (χ1v) is 9.31. The second kappa shape index (κ2) is 7.45. The summed E-state index contributed by atoms with van der Waals surface area (Å²) in [5.74, 6) is 6.58. The lowest BCUT2D eigenvalue weighted by Gasteiger charge is -2.13. The molecule has 0 fully saturated rings. The molecule has 3 aromatic heterocycles. The molecule has 146 valence electrons. The number of hydrogen-bond acceptors (Lipinski definition) is 5. The van der Waals surface area contributed by atoms with Crippen LogP contribution in [0.4, 0.5) is 5.82 Å². The van der Waals surface area contributed by atoms with Gasteiger partial charge in [0.1, 0.15) is 10.8 Å². The highest BCUT2D eigenvalue weighted by molar-refractivity contribution is 6.29. The Morgan fingerprint density at radius 1 is 1.34 bits per heavy atom. The number of nitrogens with zero attached hydrogens (tertiary/aromatic N) is 5. The predicted octanol–water partition coefficient (Wildman–Crippen LogP) is 2.66. The number of benzene rings is 1. The molecule has 0 spiro atoms. The minimum atomic E-state index is -0.184. The van der Waals surface area contributed by atoms with Crippen molar-refractivity contribution in [1.82, 2.24) is 29.2 Å². The molecule has 0 saturated heterocycles. The van der Waals surface area contributed by atoms with Crippen molar-refractivity contribution in [3.05, 3.63) is 52.8 Å². The number of nitrogen functional groups attached to an aromatic ring is 1. The van der Waals surface area contributed by atoms with Crippen LogP contribution < -0.4 is 5.73 Å². The molecule has 1 amide bonds. The van der Waals surface area contributed by atoms with E-state index in [4.69, 9.17) is 17.3 Å². The van der Waals surface area contributed by atoms with Crippen molar-refractivity contribution in [3.63, 3.8) is 0 Å².